The second kappa shape index (κ2) is 7.90. The Hall–Kier alpha value is -1.33. The topological polar surface area (TPSA) is 83.8 Å². The van der Waals surface area contributed by atoms with Crippen LogP contribution in [0.15, 0.2) is 22.0 Å². The van der Waals surface area contributed by atoms with E-state index >= 15 is 0 Å². The van der Waals surface area contributed by atoms with Gasteiger partial charge in [-0.3, -0.25) is 0 Å². The predicted molar refractivity (Wildman–Crippen MR) is 63.1 cm³/mol. The molecule has 0 aliphatic heterocycles. The maximum Gasteiger partial charge on any atom is 0.316 e. The summed E-state index contributed by atoms with van der Waals surface area (Å²) in [6.07, 6.45) is 6.04. The lowest BCUT2D eigenvalue weighted by Crippen LogP contribution is -2.00. The Morgan fingerprint density at radius 1 is 1.31 bits per heavy atom. The first kappa shape index (κ1) is 12.7. The Bertz CT molecular complexity index is 349. The van der Waals surface area contributed by atoms with Gasteiger partial charge >= 0.3 is 6.01 Å². The van der Waals surface area contributed by atoms with Gasteiger partial charge in [0.15, 0.2) is 0 Å². The quantitative estimate of drug-likeness (QED) is 0.334. The molecule has 0 radical (unpaired) electrons. The third-order valence-electron chi connectivity index (χ3n) is 1.79. The van der Waals surface area contributed by atoms with Crippen molar-refractivity contribution in [1.82, 2.24) is 9.97 Å². The summed E-state index contributed by atoms with van der Waals surface area (Å²) < 4.78 is 6.15. The monoisotopic (exact) mass is 285 g/mol. The Morgan fingerprint density at radius 3 is 2.75 bits per heavy atom. The molecule has 16 heavy (non-hydrogen) atoms. The van der Waals surface area contributed by atoms with Crippen LogP contribution in [0.1, 0.15) is 19.3 Å². The number of ether oxygens (including phenoxy) is 1. The van der Waals surface area contributed by atoms with Crippen molar-refractivity contribution in [1.29, 1.82) is 0 Å². The van der Waals surface area contributed by atoms with Crippen LogP contribution >= 0.6 is 15.9 Å². The molecule has 0 atom stereocenters. The zero-order valence-corrected chi connectivity index (χ0v) is 10.3. The second-order valence-corrected chi connectivity index (χ2v) is 3.96. The summed E-state index contributed by atoms with van der Waals surface area (Å²) in [6, 6.07) is 0.387. The Labute approximate surface area is 102 Å². The lowest BCUT2D eigenvalue weighted by molar-refractivity contribution is 0.282. The lowest BCUT2D eigenvalue weighted by atomic mass is 10.2. The number of aromatic nitrogens is 2. The minimum atomic E-state index is 0.387. The molecule has 1 aromatic rings. The molecule has 0 amide bonds. The van der Waals surface area contributed by atoms with E-state index in [0.29, 0.717) is 19.2 Å². The second-order valence-electron chi connectivity index (χ2n) is 3.05. The number of nitrogens with zero attached hydrogens (tertiary/aromatic N) is 5. The van der Waals surface area contributed by atoms with E-state index in [1.165, 1.54) is 0 Å². The Morgan fingerprint density at radius 2 is 2.06 bits per heavy atom. The van der Waals surface area contributed by atoms with Gasteiger partial charge in [0, 0.05) is 23.9 Å². The molecule has 0 bridgehead atoms. The van der Waals surface area contributed by atoms with Crippen molar-refractivity contribution >= 4 is 15.9 Å². The Kier molecular flexibility index (Phi) is 6.29. The van der Waals surface area contributed by atoms with Crippen LogP contribution < -0.4 is 4.74 Å². The van der Waals surface area contributed by atoms with E-state index in [1.54, 1.807) is 12.4 Å². The molecule has 0 aliphatic rings. The summed E-state index contributed by atoms with van der Waals surface area (Å²) in [5, 5.41) is 3.45. The molecule has 6 nitrogen and oxygen atoms in total. The maximum absolute atomic E-state index is 8.05. The molecule has 0 saturated carbocycles. The molecule has 0 unspecified atom stereocenters. The van der Waals surface area contributed by atoms with E-state index in [4.69, 9.17) is 10.3 Å². The van der Waals surface area contributed by atoms with Gasteiger partial charge in [-0.05, 0) is 40.7 Å². The standard InChI is InChI=1S/C9H12BrN5O/c10-8-6-12-9(13-7-8)16-5-3-1-2-4-14-15-11/h6-7H,1-5H2. The summed E-state index contributed by atoms with van der Waals surface area (Å²) in [5.41, 5.74) is 8.05. The van der Waals surface area contributed by atoms with Crippen molar-refractivity contribution in [2.45, 2.75) is 19.3 Å². The third-order valence-corrected chi connectivity index (χ3v) is 2.20. The minimum Gasteiger partial charge on any atom is -0.463 e. The highest BCUT2D eigenvalue weighted by molar-refractivity contribution is 9.10. The number of hydrogen-bond acceptors (Lipinski definition) is 4. The first-order valence-corrected chi connectivity index (χ1v) is 5.73. The highest BCUT2D eigenvalue weighted by Crippen LogP contribution is 2.08. The molecule has 0 saturated heterocycles. The zero-order chi connectivity index (χ0) is 11.6. The first-order valence-electron chi connectivity index (χ1n) is 4.94. The average molecular weight is 286 g/mol. The van der Waals surface area contributed by atoms with Crippen LogP contribution in [0.25, 0.3) is 10.4 Å². The molecule has 0 aliphatic carbocycles. The van der Waals surface area contributed by atoms with Crippen LogP contribution in [0.5, 0.6) is 6.01 Å². The largest absolute Gasteiger partial charge is 0.463 e. The van der Waals surface area contributed by atoms with Crippen molar-refractivity contribution in [2.75, 3.05) is 13.2 Å². The van der Waals surface area contributed by atoms with Crippen LogP contribution in [-0.2, 0) is 0 Å². The zero-order valence-electron chi connectivity index (χ0n) is 8.71. The molecule has 0 N–H and O–H groups in total. The van der Waals surface area contributed by atoms with Crippen molar-refractivity contribution in [3.05, 3.63) is 27.3 Å². The highest BCUT2D eigenvalue weighted by atomic mass is 79.9. The predicted octanol–water partition coefficient (Wildman–Crippen LogP) is 3.10. The minimum absolute atomic E-state index is 0.387. The SMILES string of the molecule is [N-]=[N+]=NCCCCCOc1ncc(Br)cn1. The van der Waals surface area contributed by atoms with Crippen LogP contribution in [0.2, 0.25) is 0 Å². The van der Waals surface area contributed by atoms with Crippen LogP contribution in [0, 0.1) is 0 Å². The van der Waals surface area contributed by atoms with Crippen LogP contribution in [-0.4, -0.2) is 23.1 Å². The molecule has 86 valence electrons. The van der Waals surface area contributed by atoms with Crippen LogP contribution in [0.3, 0.4) is 0 Å². The summed E-state index contributed by atoms with van der Waals surface area (Å²) in [5.74, 6) is 0. The van der Waals surface area contributed by atoms with E-state index in [0.717, 1.165) is 23.7 Å². The smallest absolute Gasteiger partial charge is 0.316 e. The van der Waals surface area contributed by atoms with Gasteiger partial charge in [0.2, 0.25) is 0 Å². The fourth-order valence-corrected chi connectivity index (χ4v) is 1.25. The van der Waals surface area contributed by atoms with E-state index < -0.39 is 0 Å². The molecule has 0 fully saturated rings. The number of halogens is 1. The summed E-state index contributed by atoms with van der Waals surface area (Å²) >= 11 is 3.24. The highest BCUT2D eigenvalue weighted by Gasteiger charge is 1.96. The third kappa shape index (κ3) is 5.53. The molecule has 7 heteroatoms. The average Bonchev–Trinajstić information content (AvgIpc) is 2.30. The van der Waals surface area contributed by atoms with Gasteiger partial charge in [-0.25, -0.2) is 9.97 Å². The van der Waals surface area contributed by atoms with Crippen molar-refractivity contribution in [2.24, 2.45) is 5.11 Å². The summed E-state index contributed by atoms with van der Waals surface area (Å²) in [6.45, 7) is 1.13. The number of rotatable bonds is 7. The fraction of sp³-hybridized carbons (Fsp3) is 0.556. The first-order chi connectivity index (χ1) is 7.83. The summed E-state index contributed by atoms with van der Waals surface area (Å²) in [4.78, 5) is 10.6. The fourth-order valence-electron chi connectivity index (χ4n) is 1.04. The lowest BCUT2D eigenvalue weighted by Gasteiger charge is -2.02. The van der Waals surface area contributed by atoms with Gasteiger partial charge in [-0.1, -0.05) is 5.11 Å². The van der Waals surface area contributed by atoms with E-state index in [2.05, 4.69) is 35.9 Å². The number of hydrogen-bond donors (Lipinski definition) is 0. The van der Waals surface area contributed by atoms with Gasteiger partial charge in [0.1, 0.15) is 0 Å². The van der Waals surface area contributed by atoms with Crippen LogP contribution in [0.4, 0.5) is 0 Å². The van der Waals surface area contributed by atoms with Crippen molar-refractivity contribution < 1.29 is 4.74 Å². The molecule has 0 spiro atoms. The Balaban J connectivity index is 2.07. The molecule has 1 aromatic heterocycles. The van der Waals surface area contributed by atoms with Crippen molar-refractivity contribution in [3.63, 3.8) is 0 Å². The van der Waals surface area contributed by atoms with Gasteiger partial charge in [-0.15, -0.1) is 0 Å². The molecule has 1 rings (SSSR count). The van der Waals surface area contributed by atoms with Gasteiger partial charge in [-0.2, -0.15) is 0 Å². The van der Waals surface area contributed by atoms with Gasteiger partial charge in [0.05, 0.1) is 11.1 Å². The number of azide groups is 1. The molecule has 1 heterocycles. The normalized spacial score (nSPS) is 9.56. The molecular weight excluding hydrogens is 274 g/mol. The van der Waals surface area contributed by atoms with Gasteiger partial charge < -0.3 is 4.74 Å². The maximum atomic E-state index is 8.05. The number of unbranched alkanes of at least 4 members (excludes halogenated alkanes) is 2. The summed E-state index contributed by atoms with van der Waals surface area (Å²) in [7, 11) is 0. The van der Waals surface area contributed by atoms with Crippen molar-refractivity contribution in [3.8, 4) is 6.01 Å². The van der Waals surface area contributed by atoms with E-state index in [1.807, 2.05) is 0 Å². The van der Waals surface area contributed by atoms with E-state index in [-0.39, 0.29) is 0 Å². The van der Waals surface area contributed by atoms with E-state index in [9.17, 15) is 0 Å². The van der Waals surface area contributed by atoms with Gasteiger partial charge in [0.25, 0.3) is 0 Å². The molecule has 0 aromatic carbocycles. The molecular formula is C9H12BrN5O.